The minimum atomic E-state index is -4.53. The van der Waals surface area contributed by atoms with E-state index >= 15 is 0 Å². The Morgan fingerprint density at radius 3 is 2.12 bits per heavy atom. The number of carbonyl (C=O) groups excluding carboxylic acids is 1. The van der Waals surface area contributed by atoms with Crippen LogP contribution in [0.3, 0.4) is 0 Å². The monoisotopic (exact) mass is 359 g/mol. The molecule has 16 heavy (non-hydrogen) atoms. The molecule has 1 aromatic carbocycles. The van der Waals surface area contributed by atoms with Crippen LogP contribution in [0, 0.1) is 0 Å². The minimum Gasteiger partial charge on any atom is -0.389 e. The van der Waals surface area contributed by atoms with E-state index in [1.165, 1.54) is 28.7 Å². The molecule has 86 valence electrons. The topological polar surface area (TPSA) is 43.1 Å². The zero-order valence-corrected chi connectivity index (χ0v) is 10.6. The molecule has 0 aliphatic rings. The van der Waals surface area contributed by atoms with Gasteiger partial charge in [0.05, 0.1) is 5.56 Å². The quantitative estimate of drug-likeness (QED) is 0.502. The van der Waals surface area contributed by atoms with Crippen LogP contribution < -0.4 is 5.73 Å². The van der Waals surface area contributed by atoms with Crippen molar-refractivity contribution in [2.24, 2.45) is 5.73 Å². The second kappa shape index (κ2) is 4.66. The SMILES string of the molecule is NC(=S)c1cc(C(=O)I)cc(C(F)(F)F)c1. The first kappa shape index (κ1) is 13.4. The summed E-state index contributed by atoms with van der Waals surface area (Å²) in [5.41, 5.74) is 4.27. The van der Waals surface area contributed by atoms with Crippen molar-refractivity contribution in [2.45, 2.75) is 6.18 Å². The lowest BCUT2D eigenvalue weighted by atomic mass is 10.1. The first-order valence-electron chi connectivity index (χ1n) is 3.93. The van der Waals surface area contributed by atoms with Gasteiger partial charge in [-0.1, -0.05) is 12.2 Å². The maximum Gasteiger partial charge on any atom is 0.416 e. The summed E-state index contributed by atoms with van der Waals surface area (Å²) in [6.45, 7) is 0. The zero-order valence-electron chi connectivity index (χ0n) is 7.64. The maximum atomic E-state index is 12.5. The molecular weight excluding hydrogens is 354 g/mol. The predicted octanol–water partition coefficient (Wildman–Crippen LogP) is 2.91. The lowest BCUT2D eigenvalue weighted by Crippen LogP contribution is -2.14. The molecule has 0 atom stereocenters. The van der Waals surface area contributed by atoms with E-state index in [1.807, 2.05) is 0 Å². The molecule has 0 aromatic heterocycles. The normalized spacial score (nSPS) is 11.2. The highest BCUT2D eigenvalue weighted by Gasteiger charge is 2.31. The van der Waals surface area contributed by atoms with E-state index in [0.29, 0.717) is 0 Å². The number of carbonyl (C=O) groups is 1. The van der Waals surface area contributed by atoms with Gasteiger partial charge in [-0.05, 0) is 18.2 Å². The maximum absolute atomic E-state index is 12.5. The van der Waals surface area contributed by atoms with Gasteiger partial charge in [0, 0.05) is 33.7 Å². The van der Waals surface area contributed by atoms with E-state index in [4.69, 9.17) is 5.73 Å². The highest BCUT2D eigenvalue weighted by atomic mass is 127. The van der Waals surface area contributed by atoms with Crippen LogP contribution in [0.1, 0.15) is 21.5 Å². The molecule has 0 saturated carbocycles. The minimum absolute atomic E-state index is 0.0323. The van der Waals surface area contributed by atoms with Crippen LogP contribution in [0.5, 0.6) is 0 Å². The van der Waals surface area contributed by atoms with Crippen molar-refractivity contribution in [1.29, 1.82) is 0 Å². The lowest BCUT2D eigenvalue weighted by Gasteiger charge is -2.09. The average Bonchev–Trinajstić information content (AvgIpc) is 2.15. The third-order valence-electron chi connectivity index (χ3n) is 1.77. The Hall–Kier alpha value is -0.700. The average molecular weight is 359 g/mol. The van der Waals surface area contributed by atoms with E-state index in [1.54, 1.807) is 0 Å². The number of hydrogen-bond acceptors (Lipinski definition) is 2. The van der Waals surface area contributed by atoms with Gasteiger partial charge >= 0.3 is 6.18 Å². The Morgan fingerprint density at radius 1 is 1.25 bits per heavy atom. The second-order valence-corrected chi connectivity index (χ2v) is 4.35. The first-order valence-corrected chi connectivity index (χ1v) is 5.42. The van der Waals surface area contributed by atoms with Gasteiger partial charge in [0.1, 0.15) is 4.99 Å². The molecule has 0 fully saturated rings. The van der Waals surface area contributed by atoms with Gasteiger partial charge in [0.2, 0.25) is 3.79 Å². The summed E-state index contributed by atoms with van der Waals surface area (Å²) in [5.74, 6) is 0. The molecule has 0 radical (unpaired) electrons. The standard InChI is InChI=1S/C9H5F3INOS/c10-9(11,12)6-2-4(7(13)15)1-5(3-6)8(14)16/h1-3H,(H2,14,16). The van der Waals surface area contributed by atoms with Crippen LogP contribution in [-0.2, 0) is 6.18 Å². The predicted molar refractivity (Wildman–Crippen MR) is 65.7 cm³/mol. The van der Waals surface area contributed by atoms with Crippen LogP contribution in [0.15, 0.2) is 18.2 Å². The second-order valence-electron chi connectivity index (χ2n) is 2.93. The summed E-state index contributed by atoms with van der Waals surface area (Å²) < 4.78 is 36.9. The molecule has 2 nitrogen and oxygen atoms in total. The van der Waals surface area contributed by atoms with Crippen molar-refractivity contribution in [1.82, 2.24) is 0 Å². The summed E-state index contributed by atoms with van der Waals surface area (Å²) in [4.78, 5) is 10.9. The van der Waals surface area contributed by atoms with Gasteiger partial charge in [-0.2, -0.15) is 13.2 Å². The summed E-state index contributed by atoms with van der Waals surface area (Å²) in [6, 6.07) is 2.84. The van der Waals surface area contributed by atoms with Crippen molar-refractivity contribution in [3.63, 3.8) is 0 Å². The van der Waals surface area contributed by atoms with Crippen molar-refractivity contribution < 1.29 is 18.0 Å². The molecule has 0 aliphatic heterocycles. The van der Waals surface area contributed by atoms with Crippen molar-refractivity contribution in [3.05, 3.63) is 34.9 Å². The van der Waals surface area contributed by atoms with Gasteiger partial charge in [-0.3, -0.25) is 4.79 Å². The number of hydrogen-bond donors (Lipinski definition) is 1. The van der Waals surface area contributed by atoms with Crippen molar-refractivity contribution in [2.75, 3.05) is 0 Å². The third kappa shape index (κ3) is 3.14. The molecule has 7 heteroatoms. The fourth-order valence-electron chi connectivity index (χ4n) is 1.05. The van der Waals surface area contributed by atoms with E-state index in [0.717, 1.165) is 12.1 Å². The molecule has 0 heterocycles. The molecule has 0 amide bonds. The van der Waals surface area contributed by atoms with Crippen LogP contribution in [-0.4, -0.2) is 8.78 Å². The van der Waals surface area contributed by atoms with Crippen LogP contribution in [0.25, 0.3) is 0 Å². The Kier molecular flexibility index (Phi) is 3.89. The molecule has 0 saturated heterocycles. The summed E-state index contributed by atoms with van der Waals surface area (Å²) >= 11 is 5.99. The molecular formula is C9H5F3INOS. The molecule has 0 spiro atoms. The Labute approximate surface area is 108 Å². The molecule has 0 unspecified atom stereocenters. The Bertz CT molecular complexity index is 426. The van der Waals surface area contributed by atoms with Crippen molar-refractivity contribution in [3.8, 4) is 0 Å². The largest absolute Gasteiger partial charge is 0.416 e. The van der Waals surface area contributed by atoms with Gasteiger partial charge in [0.25, 0.3) is 0 Å². The van der Waals surface area contributed by atoms with E-state index in [9.17, 15) is 18.0 Å². The summed E-state index contributed by atoms with van der Waals surface area (Å²) in [5, 5.41) is 0. The van der Waals surface area contributed by atoms with Gasteiger partial charge in [-0.15, -0.1) is 0 Å². The molecule has 0 aliphatic carbocycles. The number of halogens is 4. The number of thiocarbonyl (C=S) groups is 1. The van der Waals surface area contributed by atoms with Crippen molar-refractivity contribution >= 4 is 43.6 Å². The third-order valence-corrected chi connectivity index (χ3v) is 2.63. The smallest absolute Gasteiger partial charge is 0.389 e. The molecule has 0 bridgehead atoms. The molecule has 1 rings (SSSR count). The molecule has 1 aromatic rings. The highest BCUT2D eigenvalue weighted by molar-refractivity contribution is 14.1. The number of alkyl halides is 3. The van der Waals surface area contributed by atoms with Crippen LogP contribution in [0.4, 0.5) is 13.2 Å². The fraction of sp³-hybridized carbons (Fsp3) is 0.111. The lowest BCUT2D eigenvalue weighted by molar-refractivity contribution is -0.137. The van der Waals surface area contributed by atoms with E-state index in [2.05, 4.69) is 12.2 Å². The fourth-order valence-corrected chi connectivity index (χ4v) is 1.48. The first-order chi connectivity index (χ1) is 7.21. The van der Waals surface area contributed by atoms with Crippen LogP contribution in [0.2, 0.25) is 0 Å². The number of rotatable bonds is 2. The van der Waals surface area contributed by atoms with E-state index in [-0.39, 0.29) is 16.1 Å². The number of nitrogens with two attached hydrogens (primary N) is 1. The number of benzene rings is 1. The summed E-state index contributed by atoms with van der Waals surface area (Å²) in [6.07, 6.45) is -4.53. The van der Waals surface area contributed by atoms with Gasteiger partial charge < -0.3 is 5.73 Å². The highest BCUT2D eigenvalue weighted by Crippen LogP contribution is 2.31. The summed E-state index contributed by atoms with van der Waals surface area (Å²) in [7, 11) is 0. The van der Waals surface area contributed by atoms with Gasteiger partial charge in [-0.25, -0.2) is 0 Å². The molecule has 2 N–H and O–H groups in total. The zero-order chi connectivity index (χ0) is 12.5. The Morgan fingerprint density at radius 2 is 1.75 bits per heavy atom. The van der Waals surface area contributed by atoms with Crippen LogP contribution >= 0.6 is 34.8 Å². The Balaban J connectivity index is 3.42. The van der Waals surface area contributed by atoms with E-state index < -0.39 is 15.5 Å². The van der Waals surface area contributed by atoms with Gasteiger partial charge in [0.15, 0.2) is 0 Å².